The van der Waals surface area contributed by atoms with Gasteiger partial charge in [-0.25, -0.2) is 4.39 Å². The van der Waals surface area contributed by atoms with Gasteiger partial charge in [0.05, 0.1) is 7.11 Å². The van der Waals surface area contributed by atoms with Crippen LogP contribution in [0.15, 0.2) is 72.8 Å². The van der Waals surface area contributed by atoms with E-state index in [9.17, 15) is 9.18 Å². The van der Waals surface area contributed by atoms with Crippen LogP contribution in [-0.4, -0.2) is 18.2 Å². The summed E-state index contributed by atoms with van der Waals surface area (Å²) in [6, 6.07) is 18.3. The zero-order valence-corrected chi connectivity index (χ0v) is 19.9. The summed E-state index contributed by atoms with van der Waals surface area (Å²) in [6.07, 6.45) is 2.31. The zero-order valence-electron chi connectivity index (χ0n) is 19.9. The lowest BCUT2D eigenvalue weighted by Crippen LogP contribution is -2.03. The number of benzene rings is 3. The minimum Gasteiger partial charge on any atom is -0.497 e. The van der Waals surface area contributed by atoms with Crippen molar-refractivity contribution in [2.75, 3.05) is 7.11 Å². The molecule has 4 rings (SSSR count). The fourth-order valence-corrected chi connectivity index (χ4v) is 3.87. The van der Waals surface area contributed by atoms with Gasteiger partial charge in [0.2, 0.25) is 0 Å². The van der Waals surface area contributed by atoms with Crippen LogP contribution in [0.2, 0.25) is 0 Å². The molecule has 1 N–H and O–H groups in total. The topological polar surface area (TPSA) is 55.8 Å². The molecule has 3 aromatic carbocycles. The molecule has 0 saturated carbocycles. The molecule has 5 heteroatoms. The first-order valence-corrected chi connectivity index (χ1v) is 11.3. The highest BCUT2D eigenvalue weighted by Crippen LogP contribution is 2.38. The predicted molar refractivity (Wildman–Crippen MR) is 133 cm³/mol. The lowest BCUT2D eigenvalue weighted by atomic mass is 9.99. The molecule has 1 aliphatic rings. The van der Waals surface area contributed by atoms with Crippen LogP contribution in [0.5, 0.6) is 11.5 Å². The molecule has 1 aliphatic carbocycles. The number of hydrogen-bond donors (Lipinski definition) is 1. The number of halogens is 1. The Morgan fingerprint density at radius 1 is 1.06 bits per heavy atom. The third-order valence-corrected chi connectivity index (χ3v) is 5.48. The van der Waals surface area contributed by atoms with Gasteiger partial charge in [0, 0.05) is 12.0 Å². The zero-order chi connectivity index (χ0) is 24.7. The Bertz CT molecular complexity index is 1150. The average Bonchev–Trinajstić information content (AvgIpc) is 3.20. The van der Waals surface area contributed by atoms with Crippen LogP contribution >= 0.6 is 0 Å². The number of ether oxygens (including phenoxy) is 2. The summed E-state index contributed by atoms with van der Waals surface area (Å²) in [7, 11) is 1.57. The van der Waals surface area contributed by atoms with Crippen molar-refractivity contribution in [1.82, 2.24) is 0 Å². The van der Waals surface area contributed by atoms with Crippen LogP contribution in [-0.2, 0) is 17.6 Å². The summed E-state index contributed by atoms with van der Waals surface area (Å²) in [4.78, 5) is 10.7. The molecule has 4 nitrogen and oxygen atoms in total. The molecule has 3 aromatic rings. The fraction of sp³-hybridized carbons (Fsp3) is 0.276. The number of methoxy groups -OCH3 is 1. The van der Waals surface area contributed by atoms with Gasteiger partial charge in [-0.15, -0.1) is 6.58 Å². The van der Waals surface area contributed by atoms with Crippen molar-refractivity contribution in [2.45, 2.75) is 45.6 Å². The number of carboxylic acid groups (broad SMARTS) is 1. The smallest absolute Gasteiger partial charge is 0.303 e. The maximum Gasteiger partial charge on any atom is 0.303 e. The van der Waals surface area contributed by atoms with Gasteiger partial charge in [0.1, 0.15) is 23.4 Å². The molecule has 0 heterocycles. The van der Waals surface area contributed by atoms with E-state index in [4.69, 9.17) is 14.6 Å². The number of hydrogen-bond acceptors (Lipinski definition) is 3. The minimum absolute atomic E-state index is 0.0472. The van der Waals surface area contributed by atoms with Gasteiger partial charge in [-0.1, -0.05) is 35.9 Å². The van der Waals surface area contributed by atoms with Gasteiger partial charge in [0.25, 0.3) is 0 Å². The summed E-state index contributed by atoms with van der Waals surface area (Å²) in [5.41, 5.74) is 5.78. The molecule has 1 unspecified atom stereocenters. The van der Waals surface area contributed by atoms with Crippen LogP contribution in [0.25, 0.3) is 11.1 Å². The van der Waals surface area contributed by atoms with Gasteiger partial charge in [-0.3, -0.25) is 4.79 Å². The molecular weight excluding hydrogens is 431 g/mol. The molecular formula is C29H31FO4. The second-order valence-electron chi connectivity index (χ2n) is 8.65. The third-order valence-electron chi connectivity index (χ3n) is 5.48. The number of carbonyl (C=O) groups is 1. The lowest BCUT2D eigenvalue weighted by molar-refractivity contribution is -0.136. The summed E-state index contributed by atoms with van der Waals surface area (Å²) in [5, 5.41) is 8.79. The Hall–Kier alpha value is -3.60. The fourth-order valence-electron chi connectivity index (χ4n) is 3.87. The van der Waals surface area contributed by atoms with Gasteiger partial charge in [-0.2, -0.15) is 0 Å². The molecule has 0 saturated heterocycles. The largest absolute Gasteiger partial charge is 0.497 e. The normalized spacial score (nSPS) is 13.9. The van der Waals surface area contributed by atoms with Gasteiger partial charge in [-0.05, 0) is 85.7 Å². The van der Waals surface area contributed by atoms with Gasteiger partial charge in [0.15, 0.2) is 0 Å². The Labute approximate surface area is 200 Å². The molecule has 0 aromatic heterocycles. The number of carboxylic acids is 1. The van der Waals surface area contributed by atoms with Gasteiger partial charge < -0.3 is 14.6 Å². The maximum absolute atomic E-state index is 14.3. The van der Waals surface area contributed by atoms with Crippen LogP contribution in [0.1, 0.15) is 49.5 Å². The SMILES string of the molecule is C=C(C)C.COc1ccc(F)c(-c2ccc3c(c2)CCC3Oc2ccc(CCC(=O)O)cc2)c1. The Morgan fingerprint density at radius 2 is 1.74 bits per heavy atom. The standard InChI is InChI=1S/C25H23FO4.C4H8/c1-29-20-9-11-23(26)22(15-20)18-5-10-21-17(14-18)6-12-24(21)30-19-7-2-16(3-8-19)4-13-25(27)28;1-4(2)3/h2-3,5,7-11,14-15,24H,4,6,12-13H2,1H3,(H,27,28);1H2,2-3H3. The molecule has 0 aliphatic heterocycles. The van der Waals surface area contributed by atoms with E-state index in [-0.39, 0.29) is 18.3 Å². The molecule has 0 bridgehead atoms. The van der Waals surface area contributed by atoms with E-state index in [1.165, 1.54) is 11.6 Å². The highest BCUT2D eigenvalue weighted by molar-refractivity contribution is 5.68. The number of fused-ring (bicyclic) bond motifs is 1. The minimum atomic E-state index is -0.800. The summed E-state index contributed by atoms with van der Waals surface area (Å²) < 4.78 is 25.7. The first kappa shape index (κ1) is 25.0. The number of aliphatic carboxylic acids is 1. The molecule has 0 radical (unpaired) electrons. The molecule has 34 heavy (non-hydrogen) atoms. The monoisotopic (exact) mass is 462 g/mol. The first-order valence-electron chi connectivity index (χ1n) is 11.3. The van der Waals surface area contributed by atoms with Crippen molar-refractivity contribution in [3.63, 3.8) is 0 Å². The van der Waals surface area contributed by atoms with Crippen LogP contribution in [0, 0.1) is 5.82 Å². The van der Waals surface area contributed by atoms with E-state index < -0.39 is 5.97 Å². The van der Waals surface area contributed by atoms with E-state index in [1.54, 1.807) is 19.2 Å². The van der Waals surface area contributed by atoms with Gasteiger partial charge >= 0.3 is 5.97 Å². The molecule has 1 atom stereocenters. The number of rotatable bonds is 7. The van der Waals surface area contributed by atoms with E-state index >= 15 is 0 Å². The molecule has 0 fully saturated rings. The highest BCUT2D eigenvalue weighted by atomic mass is 19.1. The maximum atomic E-state index is 14.3. The predicted octanol–water partition coefficient (Wildman–Crippen LogP) is 7.17. The van der Waals surface area contributed by atoms with Crippen molar-refractivity contribution in [1.29, 1.82) is 0 Å². The van der Waals surface area contributed by atoms with Crippen molar-refractivity contribution in [3.05, 3.63) is 95.3 Å². The van der Waals surface area contributed by atoms with Crippen molar-refractivity contribution < 1.29 is 23.8 Å². The second-order valence-corrected chi connectivity index (χ2v) is 8.65. The van der Waals surface area contributed by atoms with E-state index in [0.717, 1.165) is 40.8 Å². The Morgan fingerprint density at radius 3 is 2.38 bits per heavy atom. The average molecular weight is 463 g/mol. The third kappa shape index (κ3) is 6.70. The van der Waals surface area contributed by atoms with E-state index in [2.05, 4.69) is 6.58 Å². The molecule has 0 amide bonds. The molecule has 0 spiro atoms. The Balaban J connectivity index is 0.000000751. The quantitative estimate of drug-likeness (QED) is 0.378. The molecule has 178 valence electrons. The highest BCUT2D eigenvalue weighted by Gasteiger charge is 2.25. The second kappa shape index (κ2) is 11.5. The summed E-state index contributed by atoms with van der Waals surface area (Å²) in [5.74, 6) is 0.311. The van der Waals surface area contributed by atoms with Crippen molar-refractivity contribution in [2.24, 2.45) is 0 Å². The first-order chi connectivity index (χ1) is 16.3. The van der Waals surface area contributed by atoms with Crippen LogP contribution < -0.4 is 9.47 Å². The Kier molecular flexibility index (Phi) is 8.47. The van der Waals surface area contributed by atoms with Crippen LogP contribution in [0.3, 0.4) is 0 Å². The van der Waals surface area contributed by atoms with E-state index in [0.29, 0.717) is 17.7 Å². The lowest BCUT2D eigenvalue weighted by Gasteiger charge is -2.16. The number of allylic oxidation sites excluding steroid dienone is 1. The summed E-state index contributed by atoms with van der Waals surface area (Å²) >= 11 is 0. The number of aryl methyl sites for hydroxylation is 2. The summed E-state index contributed by atoms with van der Waals surface area (Å²) in [6.45, 7) is 7.50. The van der Waals surface area contributed by atoms with E-state index in [1.807, 2.05) is 56.3 Å². The van der Waals surface area contributed by atoms with Crippen molar-refractivity contribution >= 4 is 5.97 Å². The van der Waals surface area contributed by atoms with Crippen molar-refractivity contribution in [3.8, 4) is 22.6 Å². The van der Waals surface area contributed by atoms with Crippen LogP contribution in [0.4, 0.5) is 4.39 Å².